The van der Waals surface area contributed by atoms with Crippen LogP contribution in [0.15, 0.2) is 0 Å². The molecule has 0 saturated heterocycles. The fourth-order valence-corrected chi connectivity index (χ4v) is 1.31. The third kappa shape index (κ3) is 6.51. The minimum Gasteiger partial charge on any atom is -0.387 e. The van der Waals surface area contributed by atoms with E-state index < -0.39 is 18.1 Å². The molecule has 102 valence electrons. The Hall–Kier alpha value is -0.780. The number of amidine groups is 1. The molecule has 6 heteroatoms. The Morgan fingerprint density at radius 3 is 2.06 bits per heavy atom. The van der Waals surface area contributed by atoms with E-state index in [4.69, 9.17) is 11.1 Å². The summed E-state index contributed by atoms with van der Waals surface area (Å²) in [5, 5.41) is 7.37. The largest absolute Gasteiger partial charge is 0.401 e. The number of nitrogens with one attached hydrogen (secondary N) is 1. The zero-order valence-corrected chi connectivity index (χ0v) is 10.9. The van der Waals surface area contributed by atoms with E-state index >= 15 is 0 Å². The molecule has 0 radical (unpaired) electrons. The maximum Gasteiger partial charge on any atom is 0.401 e. The Morgan fingerprint density at radius 1 is 1.29 bits per heavy atom. The van der Waals surface area contributed by atoms with Gasteiger partial charge in [-0.25, -0.2) is 0 Å². The summed E-state index contributed by atoms with van der Waals surface area (Å²) in [5.74, 6) is 0.00761. The van der Waals surface area contributed by atoms with Gasteiger partial charge in [0, 0.05) is 11.5 Å². The Balaban J connectivity index is 4.43. The van der Waals surface area contributed by atoms with Crippen molar-refractivity contribution in [2.45, 2.75) is 46.3 Å². The van der Waals surface area contributed by atoms with E-state index in [2.05, 4.69) is 0 Å². The van der Waals surface area contributed by atoms with Crippen LogP contribution >= 0.6 is 0 Å². The Labute approximate surface area is 101 Å². The van der Waals surface area contributed by atoms with Crippen molar-refractivity contribution in [3.63, 3.8) is 0 Å². The summed E-state index contributed by atoms with van der Waals surface area (Å²) in [6.07, 6.45) is -3.75. The highest BCUT2D eigenvalue weighted by molar-refractivity contribution is 5.82. The average Bonchev–Trinajstić information content (AvgIpc) is 2.09. The molecule has 0 heterocycles. The van der Waals surface area contributed by atoms with Crippen molar-refractivity contribution in [2.24, 2.45) is 11.1 Å². The second kappa shape index (κ2) is 5.71. The van der Waals surface area contributed by atoms with Crippen LogP contribution in [-0.2, 0) is 0 Å². The van der Waals surface area contributed by atoms with Crippen LogP contribution in [0.2, 0.25) is 0 Å². The molecule has 0 fully saturated rings. The second-order valence-electron chi connectivity index (χ2n) is 5.23. The van der Waals surface area contributed by atoms with Gasteiger partial charge < -0.3 is 5.73 Å². The number of alkyl halides is 3. The van der Waals surface area contributed by atoms with Crippen molar-refractivity contribution in [1.29, 1.82) is 5.41 Å². The summed E-state index contributed by atoms with van der Waals surface area (Å²) >= 11 is 0. The molecule has 0 atom stereocenters. The molecule has 0 aliphatic rings. The molecule has 0 aliphatic heterocycles. The lowest BCUT2D eigenvalue weighted by molar-refractivity contribution is -0.150. The van der Waals surface area contributed by atoms with Gasteiger partial charge in [0.15, 0.2) is 0 Å². The van der Waals surface area contributed by atoms with Gasteiger partial charge >= 0.3 is 6.18 Å². The first-order chi connectivity index (χ1) is 7.46. The number of hydrogen-bond acceptors (Lipinski definition) is 2. The maximum atomic E-state index is 12.3. The molecule has 3 nitrogen and oxygen atoms in total. The molecule has 0 bridgehead atoms. The quantitative estimate of drug-likeness (QED) is 0.564. The molecule has 17 heavy (non-hydrogen) atoms. The van der Waals surface area contributed by atoms with Crippen molar-refractivity contribution >= 4 is 5.84 Å². The zero-order chi connectivity index (χ0) is 13.9. The van der Waals surface area contributed by atoms with Crippen molar-refractivity contribution in [2.75, 3.05) is 13.1 Å². The monoisotopic (exact) mass is 253 g/mol. The van der Waals surface area contributed by atoms with Gasteiger partial charge in [0.05, 0.1) is 12.4 Å². The smallest absolute Gasteiger partial charge is 0.387 e. The highest BCUT2D eigenvalue weighted by atomic mass is 19.4. The van der Waals surface area contributed by atoms with Gasteiger partial charge in [-0.2, -0.15) is 13.2 Å². The minimum absolute atomic E-state index is 0.00761. The molecule has 0 amide bonds. The van der Waals surface area contributed by atoms with Gasteiger partial charge in [-0.1, -0.05) is 13.8 Å². The van der Waals surface area contributed by atoms with E-state index in [9.17, 15) is 13.2 Å². The van der Waals surface area contributed by atoms with Gasteiger partial charge in [-0.15, -0.1) is 0 Å². The Bertz CT molecular complexity index is 259. The number of halogens is 3. The summed E-state index contributed by atoms with van der Waals surface area (Å²) in [7, 11) is 0. The molecule has 0 aliphatic carbocycles. The van der Waals surface area contributed by atoms with Gasteiger partial charge in [0.2, 0.25) is 0 Å². The van der Waals surface area contributed by atoms with E-state index in [0.29, 0.717) is 6.42 Å². The van der Waals surface area contributed by atoms with Crippen LogP contribution in [-0.4, -0.2) is 36.0 Å². The summed E-state index contributed by atoms with van der Waals surface area (Å²) in [6, 6.07) is -0.181. The topological polar surface area (TPSA) is 53.1 Å². The second-order valence-corrected chi connectivity index (χ2v) is 5.23. The molecule has 0 aromatic heterocycles. The van der Waals surface area contributed by atoms with Gasteiger partial charge in [-0.05, 0) is 26.8 Å². The third-order valence-electron chi connectivity index (χ3n) is 2.87. The zero-order valence-electron chi connectivity index (χ0n) is 10.9. The predicted molar refractivity (Wildman–Crippen MR) is 63.1 cm³/mol. The van der Waals surface area contributed by atoms with E-state index in [-0.39, 0.29) is 18.4 Å². The van der Waals surface area contributed by atoms with Crippen molar-refractivity contribution in [3.05, 3.63) is 0 Å². The van der Waals surface area contributed by atoms with Crippen LogP contribution in [0, 0.1) is 10.8 Å². The first-order valence-electron chi connectivity index (χ1n) is 5.61. The summed E-state index contributed by atoms with van der Waals surface area (Å²) in [5.41, 5.74) is 4.85. The highest BCUT2D eigenvalue weighted by Crippen LogP contribution is 2.23. The van der Waals surface area contributed by atoms with Crippen LogP contribution in [0.4, 0.5) is 13.2 Å². The van der Waals surface area contributed by atoms with Gasteiger partial charge in [0.25, 0.3) is 0 Å². The van der Waals surface area contributed by atoms with E-state index in [0.717, 1.165) is 0 Å². The SMILES string of the molecule is CC(C)N(CCC(C)(C)C(=N)N)CC(F)(F)F. The molecular weight excluding hydrogens is 231 g/mol. The first kappa shape index (κ1) is 16.2. The standard InChI is InChI=1S/C11H22F3N3/c1-8(2)17(7-11(12,13)14)6-5-10(3,4)9(15)16/h8H,5-7H2,1-4H3,(H3,15,16). The van der Waals surface area contributed by atoms with Crippen molar-refractivity contribution in [1.82, 2.24) is 4.90 Å². The highest BCUT2D eigenvalue weighted by Gasteiger charge is 2.32. The molecule has 0 aromatic rings. The number of nitrogens with two attached hydrogens (primary N) is 1. The fourth-order valence-electron chi connectivity index (χ4n) is 1.31. The maximum absolute atomic E-state index is 12.3. The minimum atomic E-state index is -4.19. The average molecular weight is 253 g/mol. The van der Waals surface area contributed by atoms with E-state index in [1.807, 2.05) is 0 Å². The third-order valence-corrected chi connectivity index (χ3v) is 2.87. The summed E-state index contributed by atoms with van der Waals surface area (Å²) in [6.45, 7) is 6.35. The molecule has 0 rings (SSSR count). The normalized spacial score (nSPS) is 13.5. The van der Waals surface area contributed by atoms with Gasteiger partial charge in [0.1, 0.15) is 0 Å². The Morgan fingerprint density at radius 2 is 1.76 bits per heavy atom. The fraction of sp³-hybridized carbons (Fsp3) is 0.909. The number of rotatable bonds is 6. The first-order valence-corrected chi connectivity index (χ1v) is 5.61. The lowest BCUT2D eigenvalue weighted by atomic mass is 9.88. The van der Waals surface area contributed by atoms with Crippen molar-refractivity contribution < 1.29 is 13.2 Å². The molecule has 0 aromatic carbocycles. The van der Waals surface area contributed by atoms with Crippen LogP contribution < -0.4 is 5.73 Å². The molecule has 0 saturated carbocycles. The number of nitrogens with zero attached hydrogens (tertiary/aromatic N) is 1. The van der Waals surface area contributed by atoms with Crippen LogP contribution in [0.1, 0.15) is 34.1 Å². The number of hydrogen-bond donors (Lipinski definition) is 2. The van der Waals surface area contributed by atoms with E-state index in [1.54, 1.807) is 27.7 Å². The summed E-state index contributed by atoms with van der Waals surface area (Å²) < 4.78 is 37.0. The summed E-state index contributed by atoms with van der Waals surface area (Å²) in [4.78, 5) is 1.35. The van der Waals surface area contributed by atoms with Crippen LogP contribution in [0.25, 0.3) is 0 Å². The molecule has 0 unspecified atom stereocenters. The van der Waals surface area contributed by atoms with Gasteiger partial charge in [-0.3, -0.25) is 10.3 Å². The van der Waals surface area contributed by atoms with Crippen LogP contribution in [0.3, 0.4) is 0 Å². The lowest BCUT2D eigenvalue weighted by Crippen LogP contribution is -2.42. The predicted octanol–water partition coefficient (Wildman–Crippen LogP) is 2.61. The van der Waals surface area contributed by atoms with Crippen molar-refractivity contribution in [3.8, 4) is 0 Å². The Kier molecular flexibility index (Phi) is 5.45. The molecule has 3 N–H and O–H groups in total. The molecule has 0 spiro atoms. The molecular formula is C11H22F3N3. The lowest BCUT2D eigenvalue weighted by Gasteiger charge is -2.31. The van der Waals surface area contributed by atoms with Crippen LogP contribution in [0.5, 0.6) is 0 Å². The van der Waals surface area contributed by atoms with E-state index in [1.165, 1.54) is 4.90 Å².